The minimum Gasteiger partial charge on any atom is -0.465 e. The first-order valence-corrected chi connectivity index (χ1v) is 12.4. The summed E-state index contributed by atoms with van der Waals surface area (Å²) in [5, 5.41) is 33.9. The lowest BCUT2D eigenvalue weighted by atomic mass is 9.67. The number of nitrogens with one attached hydrogen (secondary N) is 3. The van der Waals surface area contributed by atoms with Crippen LogP contribution in [-0.4, -0.2) is 53.8 Å². The summed E-state index contributed by atoms with van der Waals surface area (Å²) in [7, 11) is 0. The number of hydrogen-bond donors (Lipinski definition) is 5. The Hall–Kier alpha value is -3.01. The van der Waals surface area contributed by atoms with E-state index in [1.54, 1.807) is 0 Å². The minimum absolute atomic E-state index is 0.00447. The van der Waals surface area contributed by atoms with Gasteiger partial charge in [-0.3, -0.25) is 10.7 Å². The number of fused-ring (bicyclic) bond motifs is 4. The monoisotopic (exact) mass is 465 g/mol. The van der Waals surface area contributed by atoms with Crippen LogP contribution < -0.4 is 10.6 Å². The van der Waals surface area contributed by atoms with Crippen LogP contribution in [0.2, 0.25) is 0 Å². The smallest absolute Gasteiger partial charge is 0.410 e. The van der Waals surface area contributed by atoms with Gasteiger partial charge in [-0.25, -0.2) is 19.7 Å². The number of aromatic nitrogens is 4. The number of hydrogen-bond acceptors (Lipinski definition) is 7. The summed E-state index contributed by atoms with van der Waals surface area (Å²) in [5.74, 6) is 1.84. The van der Waals surface area contributed by atoms with Crippen LogP contribution in [-0.2, 0) is 6.54 Å². The number of rotatable bonds is 4. The van der Waals surface area contributed by atoms with Crippen LogP contribution in [0, 0.1) is 17.2 Å². The first-order chi connectivity index (χ1) is 16.4. The molecule has 0 saturated heterocycles. The second kappa shape index (κ2) is 8.04. The van der Waals surface area contributed by atoms with E-state index in [1.165, 1.54) is 36.8 Å². The molecule has 3 aliphatic carbocycles. The maximum absolute atomic E-state index is 11.1. The van der Waals surface area contributed by atoms with Crippen molar-refractivity contribution in [2.75, 3.05) is 5.32 Å². The lowest BCUT2D eigenvalue weighted by molar-refractivity contribution is 0.116. The van der Waals surface area contributed by atoms with E-state index in [4.69, 9.17) is 15.5 Å². The molecule has 1 aliphatic heterocycles. The third-order valence-corrected chi connectivity index (χ3v) is 8.33. The van der Waals surface area contributed by atoms with E-state index in [-0.39, 0.29) is 23.6 Å². The number of imidazole rings is 1. The van der Waals surface area contributed by atoms with E-state index < -0.39 is 12.2 Å². The molecule has 0 bridgehead atoms. The molecule has 10 nitrogen and oxygen atoms in total. The van der Waals surface area contributed by atoms with Gasteiger partial charge < -0.3 is 20.1 Å². The minimum atomic E-state index is -1.33. The lowest BCUT2D eigenvalue weighted by Gasteiger charge is -2.43. The first-order valence-electron chi connectivity index (χ1n) is 12.4. The highest BCUT2D eigenvalue weighted by Gasteiger charge is 2.44. The van der Waals surface area contributed by atoms with Gasteiger partial charge in [-0.15, -0.1) is 0 Å². The summed E-state index contributed by atoms with van der Waals surface area (Å²) in [4.78, 5) is 25.1. The highest BCUT2D eigenvalue weighted by atomic mass is 16.4. The largest absolute Gasteiger partial charge is 0.465 e. The molecule has 4 atom stereocenters. The van der Waals surface area contributed by atoms with Crippen molar-refractivity contribution >= 4 is 28.9 Å². The topological polar surface area (TPSA) is 149 Å². The molecule has 10 heteroatoms. The molecule has 180 valence electrons. The molecule has 1 fully saturated rings. The number of anilines is 1. The van der Waals surface area contributed by atoms with Crippen LogP contribution >= 0.6 is 0 Å². The van der Waals surface area contributed by atoms with Crippen molar-refractivity contribution in [2.45, 2.75) is 82.9 Å². The van der Waals surface area contributed by atoms with E-state index in [9.17, 15) is 9.90 Å². The number of amidine groups is 1. The third-order valence-electron chi connectivity index (χ3n) is 8.33. The predicted molar refractivity (Wildman–Crippen MR) is 126 cm³/mol. The Morgan fingerprint density at radius 3 is 2.71 bits per heavy atom. The average Bonchev–Trinajstić information content (AvgIpc) is 3.12. The van der Waals surface area contributed by atoms with Crippen LogP contribution in [0.5, 0.6) is 0 Å². The Morgan fingerprint density at radius 1 is 1.15 bits per heavy atom. The second-order valence-corrected chi connectivity index (χ2v) is 10.3. The Morgan fingerprint density at radius 2 is 1.97 bits per heavy atom. The number of amides is 1. The van der Waals surface area contributed by atoms with Gasteiger partial charge in [0.1, 0.15) is 11.3 Å². The van der Waals surface area contributed by atoms with Gasteiger partial charge in [0.25, 0.3) is 0 Å². The Labute approximate surface area is 197 Å². The molecule has 0 radical (unpaired) electrons. The number of aliphatic hydroxyl groups excluding tert-OH is 1. The summed E-state index contributed by atoms with van der Waals surface area (Å²) >= 11 is 0. The summed E-state index contributed by atoms with van der Waals surface area (Å²) in [5.41, 5.74) is 4.12. The molecule has 1 saturated carbocycles. The molecule has 1 amide bonds. The predicted octanol–water partition coefficient (Wildman–Crippen LogP) is 3.37. The van der Waals surface area contributed by atoms with Crippen LogP contribution in [0.25, 0.3) is 11.2 Å². The fourth-order valence-electron chi connectivity index (χ4n) is 6.43. The summed E-state index contributed by atoms with van der Waals surface area (Å²) in [6, 6.07) is 0.188. The molecular formula is C24H31N7O3. The first kappa shape index (κ1) is 21.5. The normalized spacial score (nSPS) is 26.9. The van der Waals surface area contributed by atoms with E-state index in [1.807, 2.05) is 0 Å². The molecule has 6 rings (SSSR count). The fourth-order valence-corrected chi connectivity index (χ4v) is 6.43. The highest BCUT2D eigenvalue weighted by Crippen LogP contribution is 2.51. The second-order valence-electron chi connectivity index (χ2n) is 10.3. The van der Waals surface area contributed by atoms with Crippen molar-refractivity contribution in [3.8, 4) is 0 Å². The molecule has 34 heavy (non-hydrogen) atoms. The lowest BCUT2D eigenvalue weighted by Crippen LogP contribution is -2.38. The van der Waals surface area contributed by atoms with Crippen LogP contribution in [0.4, 0.5) is 10.6 Å². The Kier molecular flexibility index (Phi) is 5.09. The number of carboxylic acid groups (broad SMARTS) is 1. The SMILES string of the molecule is C[C@@H](Nc1nc(C(=N)NC(=O)O)nc2nc3n(c12)C[C@@H]1CCCC2=C1C3C(O)CC2)C1CCC1. The molecule has 3 heterocycles. The molecule has 0 aromatic carbocycles. The van der Waals surface area contributed by atoms with Crippen molar-refractivity contribution in [3.63, 3.8) is 0 Å². The van der Waals surface area contributed by atoms with Crippen LogP contribution in [0.15, 0.2) is 11.1 Å². The molecule has 5 N–H and O–H groups in total. The number of allylic oxidation sites excluding steroid dienone is 1. The fraction of sp³-hybridized carbons (Fsp3) is 0.625. The van der Waals surface area contributed by atoms with Gasteiger partial charge in [0.05, 0.1) is 12.0 Å². The zero-order chi connectivity index (χ0) is 23.6. The zero-order valence-electron chi connectivity index (χ0n) is 19.3. The maximum Gasteiger partial charge on any atom is 0.410 e. The zero-order valence-corrected chi connectivity index (χ0v) is 19.3. The van der Waals surface area contributed by atoms with Gasteiger partial charge in [0.15, 0.2) is 23.1 Å². The number of nitrogens with zero attached hydrogens (tertiary/aromatic N) is 4. The maximum atomic E-state index is 11.1. The van der Waals surface area contributed by atoms with Gasteiger partial charge in [0.2, 0.25) is 0 Å². The average molecular weight is 466 g/mol. The molecule has 4 aliphatic rings. The van der Waals surface area contributed by atoms with Crippen LogP contribution in [0.1, 0.15) is 75.9 Å². The van der Waals surface area contributed by atoms with Crippen molar-refractivity contribution in [1.82, 2.24) is 24.8 Å². The van der Waals surface area contributed by atoms with Crippen molar-refractivity contribution in [3.05, 3.63) is 22.8 Å². The number of aliphatic hydroxyl groups is 1. The standard InChI is InChI=1S/C24H31N7O3/c1-11(12-4-2-5-12)26-20-18-21(29-22(28-20)19(25)27-24(33)34)30-23-17-15(32)9-8-13-6-3-7-14(16(13)17)10-31(18)23/h11-12,14-15,17,32H,2-10H2,1H3,(H2,25,27)(H,33,34)(H,26,28,29)/t11-,14+,15?,17?/m1/s1. The van der Waals surface area contributed by atoms with E-state index in [0.717, 1.165) is 43.6 Å². The molecular weight excluding hydrogens is 434 g/mol. The van der Waals surface area contributed by atoms with E-state index >= 15 is 0 Å². The third kappa shape index (κ3) is 3.38. The summed E-state index contributed by atoms with van der Waals surface area (Å²) < 4.78 is 2.18. The van der Waals surface area contributed by atoms with Gasteiger partial charge >= 0.3 is 6.09 Å². The van der Waals surface area contributed by atoms with Gasteiger partial charge in [-0.1, -0.05) is 17.6 Å². The summed E-state index contributed by atoms with van der Waals surface area (Å²) in [6.45, 7) is 2.93. The molecule has 2 unspecified atom stereocenters. The quantitative estimate of drug-likeness (QED) is 0.264. The summed E-state index contributed by atoms with van der Waals surface area (Å²) in [6.07, 6.45) is 6.88. The Bertz CT molecular complexity index is 1210. The van der Waals surface area contributed by atoms with E-state index in [0.29, 0.717) is 23.3 Å². The molecule has 0 spiro atoms. The molecule has 2 aromatic heterocycles. The van der Waals surface area contributed by atoms with Crippen molar-refractivity contribution in [1.29, 1.82) is 5.41 Å². The van der Waals surface area contributed by atoms with Crippen LogP contribution in [0.3, 0.4) is 0 Å². The molecule has 2 aromatic rings. The van der Waals surface area contributed by atoms with Crippen molar-refractivity contribution in [2.24, 2.45) is 11.8 Å². The van der Waals surface area contributed by atoms with Gasteiger partial charge in [-0.05, 0) is 63.7 Å². The van der Waals surface area contributed by atoms with E-state index in [2.05, 4.69) is 32.1 Å². The van der Waals surface area contributed by atoms with Gasteiger partial charge in [-0.2, -0.15) is 0 Å². The van der Waals surface area contributed by atoms with Crippen molar-refractivity contribution < 1.29 is 15.0 Å². The number of carbonyl (C=O) groups is 1. The Balaban J connectivity index is 1.51. The highest BCUT2D eigenvalue weighted by molar-refractivity contribution is 6.03. The van der Waals surface area contributed by atoms with Gasteiger partial charge in [0, 0.05) is 12.6 Å².